The van der Waals surface area contributed by atoms with Crippen LogP contribution in [0.25, 0.3) is 0 Å². The number of pyridine rings is 1. The fraction of sp³-hybridized carbons (Fsp3) is 0.600. The summed E-state index contributed by atoms with van der Waals surface area (Å²) in [6.07, 6.45) is 6.02. The Labute approximate surface area is 125 Å². The van der Waals surface area contributed by atoms with Gasteiger partial charge in [-0.05, 0) is 24.5 Å². The lowest BCUT2D eigenvalue weighted by atomic mass is 10.0. The molecule has 0 aliphatic carbocycles. The summed E-state index contributed by atoms with van der Waals surface area (Å²) in [6.45, 7) is 5.27. The van der Waals surface area contributed by atoms with Crippen molar-refractivity contribution in [2.75, 3.05) is 11.9 Å². The maximum atomic E-state index is 10.9. The van der Waals surface area contributed by atoms with Crippen LogP contribution in [-0.2, 0) is 0 Å². The molecule has 0 aliphatic rings. The molecule has 0 saturated heterocycles. The maximum Gasteiger partial charge on any atom is 0.335 e. The lowest BCUT2D eigenvalue weighted by Gasteiger charge is -2.07. The number of carboxylic acid groups (broad SMARTS) is 1. The van der Waals surface area contributed by atoms with Crippen LogP contribution < -0.4 is 5.32 Å². The Morgan fingerprint density at radius 2 is 2.00 bits per heavy atom. The van der Waals surface area contributed by atoms with Crippen molar-refractivity contribution in [3.8, 4) is 0 Å². The fourth-order valence-electron chi connectivity index (χ4n) is 1.96. The maximum absolute atomic E-state index is 10.9. The molecule has 20 heavy (non-hydrogen) atoms. The first-order chi connectivity index (χ1) is 9.49. The summed E-state index contributed by atoms with van der Waals surface area (Å²) in [5.74, 6) is 0.307. The van der Waals surface area contributed by atoms with Gasteiger partial charge in [0.2, 0.25) is 0 Å². The van der Waals surface area contributed by atoms with Crippen LogP contribution in [-0.4, -0.2) is 22.6 Å². The van der Waals surface area contributed by atoms with Gasteiger partial charge in [-0.2, -0.15) is 0 Å². The largest absolute Gasteiger partial charge is 0.478 e. The number of anilines is 1. The fourth-order valence-corrected chi connectivity index (χ4v) is 2.17. The van der Waals surface area contributed by atoms with Gasteiger partial charge in [-0.3, -0.25) is 0 Å². The van der Waals surface area contributed by atoms with E-state index < -0.39 is 5.97 Å². The van der Waals surface area contributed by atoms with Gasteiger partial charge in [0.15, 0.2) is 0 Å². The Balaban J connectivity index is 2.27. The molecule has 1 heterocycles. The summed E-state index contributed by atoms with van der Waals surface area (Å²) in [7, 11) is 0. The normalized spacial score (nSPS) is 10.8. The smallest absolute Gasteiger partial charge is 0.335 e. The molecule has 0 aromatic carbocycles. The van der Waals surface area contributed by atoms with Gasteiger partial charge in [0.25, 0.3) is 0 Å². The number of nitrogens with one attached hydrogen (secondary N) is 1. The second-order valence-corrected chi connectivity index (χ2v) is 5.78. The monoisotopic (exact) mass is 298 g/mol. The van der Waals surface area contributed by atoms with Gasteiger partial charge in [-0.1, -0.05) is 51.1 Å². The zero-order chi connectivity index (χ0) is 15.0. The van der Waals surface area contributed by atoms with E-state index in [1.54, 1.807) is 0 Å². The standard InChI is InChI=1S/C15H23ClN2O2/c1-11(2)7-5-3-4-6-8-17-14-10-12(15(19)20)9-13(16)18-14/h9-11H,3-8H2,1-2H3,(H,17,18)(H,19,20). The minimum atomic E-state index is -0.994. The molecular formula is C15H23ClN2O2. The molecule has 0 spiro atoms. The molecule has 0 amide bonds. The van der Waals surface area contributed by atoms with Crippen LogP contribution in [0.4, 0.5) is 5.82 Å². The average molecular weight is 299 g/mol. The molecule has 1 aromatic heterocycles. The van der Waals surface area contributed by atoms with Crippen molar-refractivity contribution in [2.45, 2.75) is 46.0 Å². The third-order valence-electron chi connectivity index (χ3n) is 3.06. The van der Waals surface area contributed by atoms with E-state index in [1.165, 1.54) is 37.8 Å². The number of rotatable bonds is 9. The molecule has 1 rings (SSSR count). The number of unbranched alkanes of at least 4 members (excludes halogenated alkanes) is 3. The second kappa shape index (κ2) is 8.80. The van der Waals surface area contributed by atoms with Crippen molar-refractivity contribution in [1.82, 2.24) is 4.98 Å². The summed E-state index contributed by atoms with van der Waals surface area (Å²) in [5.41, 5.74) is 0.157. The molecule has 4 nitrogen and oxygen atoms in total. The van der Waals surface area contributed by atoms with E-state index in [1.807, 2.05) is 0 Å². The Hall–Kier alpha value is -1.29. The van der Waals surface area contributed by atoms with Gasteiger partial charge in [0, 0.05) is 6.54 Å². The van der Waals surface area contributed by atoms with Crippen LogP contribution in [0, 0.1) is 5.92 Å². The molecule has 0 bridgehead atoms. The molecule has 2 N–H and O–H groups in total. The average Bonchev–Trinajstić information content (AvgIpc) is 2.36. The third-order valence-corrected chi connectivity index (χ3v) is 3.25. The first-order valence-corrected chi connectivity index (χ1v) is 7.51. The highest BCUT2D eigenvalue weighted by Crippen LogP contribution is 2.15. The molecule has 0 unspecified atom stereocenters. The summed E-state index contributed by atoms with van der Waals surface area (Å²) >= 11 is 5.79. The predicted octanol–water partition coefficient (Wildman–Crippen LogP) is 4.45. The van der Waals surface area contributed by atoms with E-state index >= 15 is 0 Å². The highest BCUT2D eigenvalue weighted by molar-refractivity contribution is 6.29. The molecule has 0 saturated carbocycles. The summed E-state index contributed by atoms with van der Waals surface area (Å²) in [5, 5.41) is 12.3. The van der Waals surface area contributed by atoms with Crippen molar-refractivity contribution < 1.29 is 9.90 Å². The second-order valence-electron chi connectivity index (χ2n) is 5.39. The van der Waals surface area contributed by atoms with Crippen LogP contribution >= 0.6 is 11.6 Å². The first kappa shape index (κ1) is 16.8. The van der Waals surface area contributed by atoms with Crippen LogP contribution in [0.5, 0.6) is 0 Å². The molecular weight excluding hydrogens is 276 g/mol. The summed E-state index contributed by atoms with van der Waals surface area (Å²) < 4.78 is 0. The van der Waals surface area contributed by atoms with Crippen LogP contribution in [0.2, 0.25) is 5.15 Å². The SMILES string of the molecule is CC(C)CCCCCCNc1cc(C(=O)O)cc(Cl)n1. The number of aromatic nitrogens is 1. The predicted molar refractivity (Wildman–Crippen MR) is 82.6 cm³/mol. The van der Waals surface area contributed by atoms with Crippen molar-refractivity contribution >= 4 is 23.4 Å². The van der Waals surface area contributed by atoms with Gasteiger partial charge in [-0.25, -0.2) is 9.78 Å². The molecule has 1 aromatic rings. The van der Waals surface area contributed by atoms with Gasteiger partial charge in [0.05, 0.1) is 5.56 Å². The molecule has 112 valence electrons. The van der Waals surface area contributed by atoms with Gasteiger partial charge >= 0.3 is 5.97 Å². The van der Waals surface area contributed by atoms with E-state index in [0.717, 1.165) is 18.9 Å². The summed E-state index contributed by atoms with van der Waals surface area (Å²) in [4.78, 5) is 15.0. The molecule has 0 aliphatic heterocycles. The van der Waals surface area contributed by atoms with Crippen molar-refractivity contribution in [3.05, 3.63) is 22.8 Å². The number of aromatic carboxylic acids is 1. The number of halogens is 1. The number of carbonyl (C=O) groups is 1. The summed E-state index contributed by atoms with van der Waals surface area (Å²) in [6, 6.07) is 2.86. The van der Waals surface area contributed by atoms with Crippen LogP contribution in [0.3, 0.4) is 0 Å². The van der Waals surface area contributed by atoms with E-state index in [4.69, 9.17) is 16.7 Å². The lowest BCUT2D eigenvalue weighted by Crippen LogP contribution is -2.06. The minimum Gasteiger partial charge on any atom is -0.478 e. The zero-order valence-electron chi connectivity index (χ0n) is 12.2. The first-order valence-electron chi connectivity index (χ1n) is 7.14. The molecule has 0 radical (unpaired) electrons. The topological polar surface area (TPSA) is 62.2 Å². The van der Waals surface area contributed by atoms with Gasteiger partial charge < -0.3 is 10.4 Å². The number of hydrogen-bond acceptors (Lipinski definition) is 3. The highest BCUT2D eigenvalue weighted by atomic mass is 35.5. The van der Waals surface area contributed by atoms with Crippen LogP contribution in [0.15, 0.2) is 12.1 Å². The van der Waals surface area contributed by atoms with Crippen molar-refractivity contribution in [1.29, 1.82) is 0 Å². The Morgan fingerprint density at radius 3 is 2.65 bits per heavy atom. The minimum absolute atomic E-state index is 0.157. The van der Waals surface area contributed by atoms with Crippen LogP contribution in [0.1, 0.15) is 56.3 Å². The Bertz CT molecular complexity index is 436. The van der Waals surface area contributed by atoms with E-state index in [0.29, 0.717) is 5.82 Å². The molecule has 0 fully saturated rings. The molecule has 0 atom stereocenters. The zero-order valence-corrected chi connectivity index (χ0v) is 12.9. The quantitative estimate of drug-likeness (QED) is 0.522. The lowest BCUT2D eigenvalue weighted by molar-refractivity contribution is 0.0697. The highest BCUT2D eigenvalue weighted by Gasteiger charge is 2.07. The van der Waals surface area contributed by atoms with E-state index in [9.17, 15) is 4.79 Å². The number of hydrogen-bond donors (Lipinski definition) is 2. The number of nitrogens with zero attached hydrogens (tertiary/aromatic N) is 1. The van der Waals surface area contributed by atoms with E-state index in [-0.39, 0.29) is 10.7 Å². The van der Waals surface area contributed by atoms with E-state index in [2.05, 4.69) is 24.1 Å². The van der Waals surface area contributed by atoms with Gasteiger partial charge in [0.1, 0.15) is 11.0 Å². The third kappa shape index (κ3) is 6.75. The van der Waals surface area contributed by atoms with Crippen molar-refractivity contribution in [2.24, 2.45) is 5.92 Å². The Kier molecular flexibility index (Phi) is 7.37. The Morgan fingerprint density at radius 1 is 1.30 bits per heavy atom. The molecule has 5 heteroatoms. The number of carboxylic acids is 1. The van der Waals surface area contributed by atoms with Crippen molar-refractivity contribution in [3.63, 3.8) is 0 Å². The van der Waals surface area contributed by atoms with Gasteiger partial charge in [-0.15, -0.1) is 0 Å².